The lowest BCUT2D eigenvalue weighted by Gasteiger charge is -2.14. The summed E-state index contributed by atoms with van der Waals surface area (Å²) in [6, 6.07) is 20.0. The summed E-state index contributed by atoms with van der Waals surface area (Å²) in [6.07, 6.45) is 0. The monoisotopic (exact) mass is 489 g/mol. The van der Waals surface area contributed by atoms with Crippen molar-refractivity contribution in [2.75, 3.05) is 5.32 Å². The van der Waals surface area contributed by atoms with Crippen molar-refractivity contribution in [3.8, 4) is 5.69 Å². The van der Waals surface area contributed by atoms with Gasteiger partial charge in [0.05, 0.1) is 11.2 Å². The number of aromatic nitrogens is 2. The van der Waals surface area contributed by atoms with E-state index >= 15 is 0 Å². The summed E-state index contributed by atoms with van der Waals surface area (Å²) in [5.41, 5.74) is 2.21. The van der Waals surface area contributed by atoms with Crippen LogP contribution in [0, 0.1) is 13.8 Å². The fraction of sp³-hybridized carbons (Fsp3) is 0.115. The Kier molecular flexibility index (Phi) is 5.59. The van der Waals surface area contributed by atoms with E-state index < -0.39 is 11.2 Å². The molecule has 1 N–H and O–H groups in total. The van der Waals surface area contributed by atoms with Crippen LogP contribution in [0.1, 0.15) is 11.1 Å². The molecule has 0 bridgehead atoms. The number of hydrogen-bond acceptors (Lipinski definition) is 4. The van der Waals surface area contributed by atoms with Crippen molar-refractivity contribution in [2.45, 2.75) is 20.4 Å². The minimum absolute atomic E-state index is 0.246. The molecule has 0 saturated heterocycles. The molecular weight excluding hydrogens is 470 g/mol. The van der Waals surface area contributed by atoms with Gasteiger partial charge in [-0.1, -0.05) is 48.0 Å². The molecule has 0 aliphatic carbocycles. The van der Waals surface area contributed by atoms with E-state index in [1.807, 2.05) is 49.4 Å². The van der Waals surface area contributed by atoms with Crippen LogP contribution in [0.25, 0.3) is 26.0 Å². The highest BCUT2D eigenvalue weighted by Crippen LogP contribution is 2.31. The van der Waals surface area contributed by atoms with Gasteiger partial charge >= 0.3 is 5.69 Å². The van der Waals surface area contributed by atoms with Gasteiger partial charge < -0.3 is 5.32 Å². The average Bonchev–Trinajstić information content (AvgIpc) is 3.19. The summed E-state index contributed by atoms with van der Waals surface area (Å²) >= 11 is 7.50. The van der Waals surface area contributed by atoms with Crippen molar-refractivity contribution in [3.05, 3.63) is 104 Å². The van der Waals surface area contributed by atoms with Crippen molar-refractivity contribution in [1.29, 1.82) is 0 Å². The molecule has 0 fully saturated rings. The first kappa shape index (κ1) is 22.1. The van der Waals surface area contributed by atoms with E-state index in [1.54, 1.807) is 31.2 Å². The number of thiophene rings is 1. The maximum atomic E-state index is 13.8. The van der Waals surface area contributed by atoms with Crippen molar-refractivity contribution < 1.29 is 4.79 Å². The van der Waals surface area contributed by atoms with E-state index in [2.05, 4.69) is 5.32 Å². The number of nitrogens with one attached hydrogen (secondary N) is 1. The van der Waals surface area contributed by atoms with Crippen molar-refractivity contribution in [3.63, 3.8) is 0 Å². The smallest absolute Gasteiger partial charge is 0.325 e. The molecule has 0 radical (unpaired) electrons. The lowest BCUT2D eigenvalue weighted by molar-refractivity contribution is -0.116. The zero-order valence-electron chi connectivity index (χ0n) is 18.5. The summed E-state index contributed by atoms with van der Waals surface area (Å²) in [7, 11) is 0. The number of halogens is 1. The molecule has 0 aliphatic rings. The number of aryl methyl sites for hydroxylation is 2. The van der Waals surface area contributed by atoms with Crippen LogP contribution in [0.4, 0.5) is 5.69 Å². The molecule has 0 atom stereocenters. The number of carbonyl (C=O) groups excluding carboxylic acids is 1. The van der Waals surface area contributed by atoms with Crippen molar-refractivity contribution in [1.82, 2.24) is 9.13 Å². The Balaban J connectivity index is 1.75. The van der Waals surface area contributed by atoms with Gasteiger partial charge in [-0.25, -0.2) is 9.36 Å². The first-order chi connectivity index (χ1) is 16.3. The fourth-order valence-electron chi connectivity index (χ4n) is 4.10. The summed E-state index contributed by atoms with van der Waals surface area (Å²) in [5, 5.41) is 4.02. The van der Waals surface area contributed by atoms with Crippen LogP contribution in [0.15, 0.2) is 76.3 Å². The predicted octanol–water partition coefficient (Wildman–Crippen LogP) is 5.28. The van der Waals surface area contributed by atoms with Gasteiger partial charge in [-0.05, 0) is 55.3 Å². The van der Waals surface area contributed by atoms with Crippen LogP contribution in [-0.4, -0.2) is 15.0 Å². The molecule has 0 saturated carbocycles. The number of hydrogen-bond donors (Lipinski definition) is 1. The summed E-state index contributed by atoms with van der Waals surface area (Å²) < 4.78 is 3.76. The fourth-order valence-corrected chi connectivity index (χ4v) is 5.40. The summed E-state index contributed by atoms with van der Waals surface area (Å²) in [5.74, 6) is -0.364. The second-order valence-electron chi connectivity index (χ2n) is 8.13. The lowest BCUT2D eigenvalue weighted by Crippen LogP contribution is -2.40. The SMILES string of the molecule is Cc1cccc(NC(=O)Cn2c(=O)n(-c3cc(Cl)ccc3C)c(=O)c3sc4ccccc4c32)c1. The van der Waals surface area contributed by atoms with E-state index in [9.17, 15) is 14.4 Å². The van der Waals surface area contributed by atoms with Gasteiger partial charge in [0.25, 0.3) is 5.56 Å². The topological polar surface area (TPSA) is 73.1 Å². The highest BCUT2D eigenvalue weighted by Gasteiger charge is 2.21. The normalized spacial score (nSPS) is 11.3. The summed E-state index contributed by atoms with van der Waals surface area (Å²) in [6.45, 7) is 3.50. The van der Waals surface area contributed by atoms with Gasteiger partial charge in [-0.2, -0.15) is 0 Å². The van der Waals surface area contributed by atoms with E-state index in [-0.39, 0.29) is 12.5 Å². The van der Waals surface area contributed by atoms with Crippen LogP contribution in [0.3, 0.4) is 0 Å². The van der Waals surface area contributed by atoms with Crippen molar-refractivity contribution >= 4 is 54.8 Å². The third-order valence-electron chi connectivity index (χ3n) is 5.67. The molecule has 170 valence electrons. The van der Waals surface area contributed by atoms with Crippen LogP contribution in [-0.2, 0) is 11.3 Å². The average molecular weight is 490 g/mol. The van der Waals surface area contributed by atoms with Crippen LogP contribution in [0.5, 0.6) is 0 Å². The summed E-state index contributed by atoms with van der Waals surface area (Å²) in [4.78, 5) is 40.3. The van der Waals surface area contributed by atoms with Gasteiger partial charge in [0, 0.05) is 20.8 Å². The highest BCUT2D eigenvalue weighted by molar-refractivity contribution is 7.25. The number of anilines is 1. The molecule has 2 aromatic heterocycles. The second kappa shape index (κ2) is 8.59. The Bertz CT molecular complexity index is 1710. The largest absolute Gasteiger partial charge is 0.336 e. The van der Waals surface area contributed by atoms with Gasteiger partial charge in [-0.15, -0.1) is 11.3 Å². The lowest BCUT2D eigenvalue weighted by atomic mass is 10.2. The van der Waals surface area contributed by atoms with E-state index in [0.717, 1.165) is 25.8 Å². The Morgan fingerprint density at radius 1 is 1.00 bits per heavy atom. The van der Waals surface area contributed by atoms with Crippen LogP contribution < -0.4 is 16.6 Å². The van der Waals surface area contributed by atoms with Gasteiger partial charge in [0.2, 0.25) is 5.91 Å². The molecule has 2 heterocycles. The van der Waals surface area contributed by atoms with Crippen molar-refractivity contribution in [2.24, 2.45) is 0 Å². The van der Waals surface area contributed by atoms with Crippen LogP contribution in [0.2, 0.25) is 5.02 Å². The number of nitrogens with zero attached hydrogens (tertiary/aromatic N) is 2. The molecule has 5 rings (SSSR count). The molecule has 8 heteroatoms. The minimum atomic E-state index is -0.592. The van der Waals surface area contributed by atoms with E-state index in [4.69, 9.17) is 11.6 Å². The number of carbonyl (C=O) groups is 1. The molecule has 0 aliphatic heterocycles. The zero-order chi connectivity index (χ0) is 24.0. The molecular formula is C26H20ClN3O3S. The Labute approximate surface area is 203 Å². The number of amides is 1. The predicted molar refractivity (Wildman–Crippen MR) is 139 cm³/mol. The maximum absolute atomic E-state index is 13.8. The quantitative estimate of drug-likeness (QED) is 0.373. The maximum Gasteiger partial charge on any atom is 0.336 e. The highest BCUT2D eigenvalue weighted by atomic mass is 35.5. The molecule has 0 unspecified atom stereocenters. The third kappa shape index (κ3) is 3.83. The van der Waals surface area contributed by atoms with Gasteiger partial charge in [0.1, 0.15) is 11.2 Å². The Morgan fingerprint density at radius 3 is 2.59 bits per heavy atom. The van der Waals surface area contributed by atoms with Crippen LogP contribution >= 0.6 is 22.9 Å². The zero-order valence-corrected chi connectivity index (χ0v) is 20.0. The standard InChI is InChI=1S/C26H20ClN3O3S/c1-15-6-5-7-18(12-15)28-22(31)14-29-23-19-8-3-4-9-21(19)34-24(23)25(32)30(26(29)33)20-13-17(27)11-10-16(20)2/h3-13H,14H2,1-2H3,(H,28,31). The number of rotatable bonds is 4. The van der Waals surface area contributed by atoms with Gasteiger partial charge in [0.15, 0.2) is 0 Å². The Hall–Kier alpha value is -3.68. The Morgan fingerprint density at radius 2 is 1.79 bits per heavy atom. The second-order valence-corrected chi connectivity index (χ2v) is 9.62. The van der Waals surface area contributed by atoms with E-state index in [1.165, 1.54) is 15.9 Å². The first-order valence-corrected chi connectivity index (χ1v) is 11.8. The molecule has 1 amide bonds. The number of fused-ring (bicyclic) bond motifs is 3. The molecule has 34 heavy (non-hydrogen) atoms. The minimum Gasteiger partial charge on any atom is -0.325 e. The molecule has 0 spiro atoms. The first-order valence-electron chi connectivity index (χ1n) is 10.6. The van der Waals surface area contributed by atoms with Gasteiger partial charge in [-0.3, -0.25) is 14.2 Å². The van der Waals surface area contributed by atoms with E-state index in [0.29, 0.717) is 26.6 Å². The molecule has 6 nitrogen and oxygen atoms in total. The molecule has 5 aromatic rings. The third-order valence-corrected chi connectivity index (χ3v) is 7.06. The number of benzene rings is 3. The molecule has 3 aromatic carbocycles.